The van der Waals surface area contributed by atoms with E-state index in [2.05, 4.69) is 4.98 Å². The molecule has 0 atom stereocenters. The number of halogens is 1. The van der Waals surface area contributed by atoms with Crippen molar-refractivity contribution in [3.8, 4) is 0 Å². The minimum atomic E-state index is -0.431. The summed E-state index contributed by atoms with van der Waals surface area (Å²) in [5.74, 6) is -0.246. The molecule has 0 aromatic carbocycles. The van der Waals surface area contributed by atoms with Crippen LogP contribution in [0.3, 0.4) is 0 Å². The van der Waals surface area contributed by atoms with Crippen molar-refractivity contribution in [3.05, 3.63) is 29.8 Å². The van der Waals surface area contributed by atoms with Gasteiger partial charge in [0.15, 0.2) is 0 Å². The van der Waals surface area contributed by atoms with Crippen molar-refractivity contribution >= 4 is 5.97 Å². The van der Waals surface area contributed by atoms with E-state index in [1.54, 1.807) is 6.07 Å². The fourth-order valence-electron chi connectivity index (χ4n) is 2.54. The number of ether oxygens (including phenoxy) is 1. The lowest BCUT2D eigenvalue weighted by molar-refractivity contribution is -0.149. The Kier molecular flexibility index (Phi) is 4.28. The third kappa shape index (κ3) is 3.06. The second-order valence-corrected chi connectivity index (χ2v) is 4.69. The zero-order chi connectivity index (χ0) is 13.0. The summed E-state index contributed by atoms with van der Waals surface area (Å²) in [6.07, 6.45) is 3.36. The zero-order valence-electron chi connectivity index (χ0n) is 10.6. The van der Waals surface area contributed by atoms with Crippen molar-refractivity contribution in [1.29, 1.82) is 0 Å². The molecular formula is C14H18FNO2. The molecule has 1 aromatic heterocycles. The first-order valence-electron chi connectivity index (χ1n) is 6.49. The summed E-state index contributed by atoms with van der Waals surface area (Å²) in [6, 6.07) is 4.90. The molecule has 98 valence electrons. The van der Waals surface area contributed by atoms with Crippen molar-refractivity contribution in [2.24, 2.45) is 5.92 Å². The van der Waals surface area contributed by atoms with Gasteiger partial charge in [0.25, 0.3) is 0 Å². The Hall–Kier alpha value is -1.45. The molecular weight excluding hydrogens is 233 g/mol. The van der Waals surface area contributed by atoms with Crippen molar-refractivity contribution in [2.75, 3.05) is 6.61 Å². The summed E-state index contributed by atoms with van der Waals surface area (Å²) >= 11 is 0. The van der Waals surface area contributed by atoms with Crippen LogP contribution < -0.4 is 0 Å². The highest BCUT2D eigenvalue weighted by molar-refractivity contribution is 5.72. The molecule has 1 fully saturated rings. The molecule has 2 rings (SSSR count). The summed E-state index contributed by atoms with van der Waals surface area (Å²) in [5.41, 5.74) is 0.803. The van der Waals surface area contributed by atoms with Gasteiger partial charge < -0.3 is 4.74 Å². The lowest BCUT2D eigenvalue weighted by Crippen LogP contribution is -2.23. The first-order chi connectivity index (χ1) is 8.70. The first-order valence-corrected chi connectivity index (χ1v) is 6.49. The predicted octanol–water partition coefficient (Wildman–Crippen LogP) is 3.06. The van der Waals surface area contributed by atoms with Gasteiger partial charge in [-0.05, 0) is 44.7 Å². The molecule has 0 spiro atoms. The maximum absolute atomic E-state index is 13.0. The zero-order valence-corrected chi connectivity index (χ0v) is 10.6. The summed E-state index contributed by atoms with van der Waals surface area (Å²) < 4.78 is 18.1. The van der Waals surface area contributed by atoms with E-state index in [-0.39, 0.29) is 17.8 Å². The Bertz CT molecular complexity index is 414. The van der Waals surface area contributed by atoms with Crippen LogP contribution in [0.2, 0.25) is 0 Å². The number of pyridine rings is 1. The second kappa shape index (κ2) is 5.94. The van der Waals surface area contributed by atoms with E-state index in [0.717, 1.165) is 31.4 Å². The smallest absolute Gasteiger partial charge is 0.308 e. The molecule has 0 aliphatic heterocycles. The van der Waals surface area contributed by atoms with Crippen LogP contribution in [0.15, 0.2) is 18.2 Å². The number of hydrogen-bond acceptors (Lipinski definition) is 3. The van der Waals surface area contributed by atoms with Crippen LogP contribution in [0.1, 0.15) is 44.2 Å². The molecule has 1 aliphatic carbocycles. The number of rotatable bonds is 3. The van der Waals surface area contributed by atoms with Crippen molar-refractivity contribution in [2.45, 2.75) is 38.5 Å². The molecule has 4 heteroatoms. The molecule has 1 saturated carbocycles. The Labute approximate surface area is 106 Å². The minimum Gasteiger partial charge on any atom is -0.466 e. The van der Waals surface area contributed by atoms with Crippen molar-refractivity contribution in [1.82, 2.24) is 4.98 Å². The average Bonchev–Trinajstić information content (AvgIpc) is 2.39. The molecule has 0 saturated heterocycles. The van der Waals surface area contributed by atoms with Crippen LogP contribution >= 0.6 is 0 Å². The van der Waals surface area contributed by atoms with Crippen LogP contribution in [-0.4, -0.2) is 17.6 Å². The maximum Gasteiger partial charge on any atom is 0.308 e. The monoisotopic (exact) mass is 251 g/mol. The highest BCUT2D eigenvalue weighted by Gasteiger charge is 2.28. The molecule has 1 heterocycles. The Morgan fingerprint density at radius 2 is 2.11 bits per heavy atom. The fourth-order valence-corrected chi connectivity index (χ4v) is 2.54. The average molecular weight is 251 g/mol. The second-order valence-electron chi connectivity index (χ2n) is 4.69. The van der Waals surface area contributed by atoms with Gasteiger partial charge in [-0.1, -0.05) is 6.07 Å². The highest BCUT2D eigenvalue weighted by Crippen LogP contribution is 2.35. The molecule has 0 bridgehead atoms. The first kappa shape index (κ1) is 13.0. The Morgan fingerprint density at radius 1 is 1.39 bits per heavy atom. The van der Waals surface area contributed by atoms with Crippen molar-refractivity contribution in [3.63, 3.8) is 0 Å². The largest absolute Gasteiger partial charge is 0.466 e. The Balaban J connectivity index is 1.92. The molecule has 3 nitrogen and oxygen atoms in total. The van der Waals surface area contributed by atoms with Crippen LogP contribution in [0.5, 0.6) is 0 Å². The molecule has 18 heavy (non-hydrogen) atoms. The lowest BCUT2D eigenvalue weighted by atomic mass is 9.80. The SMILES string of the molecule is CCOC(=O)C1CCC(c2cccc(F)n2)CC1. The Morgan fingerprint density at radius 3 is 2.72 bits per heavy atom. The third-order valence-corrected chi connectivity index (χ3v) is 3.50. The van der Waals surface area contributed by atoms with Crippen LogP contribution in [0.4, 0.5) is 4.39 Å². The summed E-state index contributed by atoms with van der Waals surface area (Å²) in [6.45, 7) is 2.25. The predicted molar refractivity (Wildman–Crippen MR) is 65.5 cm³/mol. The van der Waals surface area contributed by atoms with Crippen LogP contribution in [-0.2, 0) is 9.53 Å². The molecule has 1 aromatic rings. The van der Waals surface area contributed by atoms with Gasteiger partial charge in [-0.2, -0.15) is 4.39 Å². The van der Waals surface area contributed by atoms with E-state index in [1.165, 1.54) is 6.07 Å². The van der Waals surface area contributed by atoms with Crippen LogP contribution in [0, 0.1) is 11.9 Å². The van der Waals surface area contributed by atoms with Gasteiger partial charge in [-0.15, -0.1) is 0 Å². The van der Waals surface area contributed by atoms with Gasteiger partial charge in [0.1, 0.15) is 0 Å². The summed E-state index contributed by atoms with van der Waals surface area (Å²) in [7, 11) is 0. The van der Waals surface area contributed by atoms with E-state index in [1.807, 2.05) is 13.0 Å². The van der Waals surface area contributed by atoms with E-state index in [4.69, 9.17) is 4.74 Å². The molecule has 0 radical (unpaired) electrons. The van der Waals surface area contributed by atoms with E-state index in [9.17, 15) is 9.18 Å². The quantitative estimate of drug-likeness (QED) is 0.612. The molecule has 0 unspecified atom stereocenters. The lowest BCUT2D eigenvalue weighted by Gasteiger charge is -2.26. The number of nitrogens with zero attached hydrogens (tertiary/aromatic N) is 1. The van der Waals surface area contributed by atoms with E-state index in [0.29, 0.717) is 6.61 Å². The summed E-state index contributed by atoms with van der Waals surface area (Å²) in [5, 5.41) is 0. The minimum absolute atomic E-state index is 0.00904. The third-order valence-electron chi connectivity index (χ3n) is 3.50. The van der Waals surface area contributed by atoms with Gasteiger partial charge >= 0.3 is 5.97 Å². The van der Waals surface area contributed by atoms with E-state index >= 15 is 0 Å². The number of carbonyl (C=O) groups is 1. The summed E-state index contributed by atoms with van der Waals surface area (Å²) in [4.78, 5) is 15.5. The highest BCUT2D eigenvalue weighted by atomic mass is 19.1. The van der Waals surface area contributed by atoms with Gasteiger partial charge in [-0.25, -0.2) is 4.98 Å². The maximum atomic E-state index is 13.0. The van der Waals surface area contributed by atoms with Gasteiger partial charge in [-0.3, -0.25) is 4.79 Å². The normalized spacial score (nSPS) is 23.7. The molecule has 0 amide bonds. The topological polar surface area (TPSA) is 39.2 Å². The molecule has 0 N–H and O–H groups in total. The van der Waals surface area contributed by atoms with Gasteiger partial charge in [0, 0.05) is 11.6 Å². The number of carbonyl (C=O) groups excluding carboxylic acids is 1. The number of hydrogen-bond donors (Lipinski definition) is 0. The standard InChI is InChI=1S/C14H18FNO2/c1-2-18-14(17)11-8-6-10(7-9-11)12-4-3-5-13(15)16-12/h3-5,10-11H,2,6-9H2,1H3. The van der Waals surface area contributed by atoms with Crippen molar-refractivity contribution < 1.29 is 13.9 Å². The molecule has 1 aliphatic rings. The number of aromatic nitrogens is 1. The van der Waals surface area contributed by atoms with Gasteiger partial charge in [0.2, 0.25) is 5.95 Å². The number of esters is 1. The fraction of sp³-hybridized carbons (Fsp3) is 0.571. The van der Waals surface area contributed by atoms with E-state index < -0.39 is 5.95 Å². The van der Waals surface area contributed by atoms with Gasteiger partial charge in [0.05, 0.1) is 12.5 Å². The van der Waals surface area contributed by atoms with Crippen LogP contribution in [0.25, 0.3) is 0 Å².